The van der Waals surface area contributed by atoms with Crippen LogP contribution in [0.3, 0.4) is 0 Å². The molecule has 2 amide bonds. The highest BCUT2D eigenvalue weighted by molar-refractivity contribution is 7.91. The number of rotatable bonds is 7. The summed E-state index contributed by atoms with van der Waals surface area (Å²) >= 11 is -0.829. The van der Waals surface area contributed by atoms with Crippen molar-refractivity contribution < 1.29 is 14.1 Å². The van der Waals surface area contributed by atoms with Gasteiger partial charge >= 0.3 is 0 Å². The van der Waals surface area contributed by atoms with Gasteiger partial charge in [0.25, 0.3) is 0 Å². The predicted molar refractivity (Wildman–Crippen MR) is 121 cm³/mol. The van der Waals surface area contributed by atoms with Crippen LogP contribution in [0.1, 0.15) is 19.2 Å². The van der Waals surface area contributed by atoms with E-state index in [1.165, 1.54) is 0 Å². The molecule has 31 heavy (non-hydrogen) atoms. The average Bonchev–Trinajstić information content (AvgIpc) is 3.15. The minimum absolute atomic E-state index is 0.0265. The third-order valence-corrected chi connectivity index (χ3v) is 6.94. The number of amides is 2. The number of nitrogen functional groups attached to an aromatic ring is 1. The Morgan fingerprint density at radius 2 is 2.03 bits per heavy atom. The van der Waals surface area contributed by atoms with Crippen LogP contribution in [0.5, 0.6) is 0 Å². The standard InChI is InChI=1S/C21H26N6O3S/c1-2-25(14-28)13-17-24-19-20(15-5-3-4-6-16(15)23-21(19)22)27(17)8-7-18(29)26-9-11-31(30)12-10-26/h3-6,14H,2,7-13H2,1H3,(H2,22,23). The number of nitrogens with two attached hydrogens (primary N) is 1. The number of carbonyl (C=O) groups is 2. The zero-order valence-corrected chi connectivity index (χ0v) is 18.3. The summed E-state index contributed by atoms with van der Waals surface area (Å²) in [4.78, 5) is 36.8. The first kappa shape index (κ1) is 21.4. The van der Waals surface area contributed by atoms with E-state index in [4.69, 9.17) is 10.7 Å². The first-order valence-electron chi connectivity index (χ1n) is 10.4. The maximum atomic E-state index is 12.8. The van der Waals surface area contributed by atoms with Gasteiger partial charge in [-0.3, -0.25) is 9.59 Å². The van der Waals surface area contributed by atoms with Gasteiger partial charge in [-0.2, -0.15) is 0 Å². The number of benzene rings is 1. The summed E-state index contributed by atoms with van der Waals surface area (Å²) in [6.45, 7) is 4.23. The van der Waals surface area contributed by atoms with E-state index < -0.39 is 11.2 Å². The minimum Gasteiger partial charge on any atom is -0.616 e. The molecule has 0 spiro atoms. The van der Waals surface area contributed by atoms with Gasteiger partial charge in [-0.25, -0.2) is 9.97 Å². The predicted octanol–water partition coefficient (Wildman–Crippen LogP) is 1.13. The lowest BCUT2D eigenvalue weighted by Gasteiger charge is -2.28. The van der Waals surface area contributed by atoms with Crippen molar-refractivity contribution in [2.45, 2.75) is 26.4 Å². The summed E-state index contributed by atoms with van der Waals surface area (Å²) in [5, 5.41) is 0.903. The van der Waals surface area contributed by atoms with E-state index in [0.717, 1.165) is 22.8 Å². The minimum atomic E-state index is -0.829. The largest absolute Gasteiger partial charge is 0.616 e. The number of anilines is 1. The number of aromatic nitrogens is 3. The summed E-state index contributed by atoms with van der Waals surface area (Å²) in [5.41, 5.74) is 8.38. The van der Waals surface area contributed by atoms with Gasteiger partial charge in [-0.05, 0) is 13.0 Å². The maximum Gasteiger partial charge on any atom is 0.224 e. The fourth-order valence-corrected chi connectivity index (χ4v) is 4.98. The monoisotopic (exact) mass is 442 g/mol. The summed E-state index contributed by atoms with van der Waals surface area (Å²) in [7, 11) is 0. The molecule has 1 aromatic carbocycles. The molecule has 2 N–H and O–H groups in total. The Balaban J connectivity index is 1.71. The third kappa shape index (κ3) is 4.31. The second-order valence-electron chi connectivity index (χ2n) is 7.54. The lowest BCUT2D eigenvalue weighted by molar-refractivity contribution is -0.131. The molecule has 1 aliphatic rings. The van der Waals surface area contributed by atoms with Crippen molar-refractivity contribution >= 4 is 51.2 Å². The average molecular weight is 443 g/mol. The molecule has 3 aromatic rings. The molecule has 10 heteroatoms. The maximum absolute atomic E-state index is 12.8. The van der Waals surface area contributed by atoms with Gasteiger partial charge in [0.05, 0.1) is 30.7 Å². The number of fused-ring (bicyclic) bond motifs is 3. The van der Waals surface area contributed by atoms with Crippen LogP contribution in [0.25, 0.3) is 21.9 Å². The molecule has 0 saturated carbocycles. The zero-order chi connectivity index (χ0) is 22.0. The first-order chi connectivity index (χ1) is 15.0. The van der Waals surface area contributed by atoms with E-state index in [2.05, 4.69) is 4.98 Å². The smallest absolute Gasteiger partial charge is 0.224 e. The molecule has 0 unspecified atom stereocenters. The highest BCUT2D eigenvalue weighted by Crippen LogP contribution is 2.29. The molecule has 1 aliphatic heterocycles. The number of pyridine rings is 1. The van der Waals surface area contributed by atoms with Gasteiger partial charge in [-0.1, -0.05) is 29.4 Å². The SMILES string of the molecule is CCN(C=O)Cc1nc2c(N)nc3ccccc3c2n1CCC(=O)N1CC[S+]([O-])CC1. The third-order valence-electron chi connectivity index (χ3n) is 5.67. The molecule has 0 atom stereocenters. The molecule has 0 radical (unpaired) electrons. The van der Waals surface area contributed by atoms with Gasteiger partial charge in [0.1, 0.15) is 22.8 Å². The van der Waals surface area contributed by atoms with E-state index in [0.29, 0.717) is 61.4 Å². The van der Waals surface area contributed by atoms with Crippen molar-refractivity contribution in [1.82, 2.24) is 24.3 Å². The van der Waals surface area contributed by atoms with Crippen molar-refractivity contribution in [3.63, 3.8) is 0 Å². The number of para-hydroxylation sites is 1. The van der Waals surface area contributed by atoms with Crippen molar-refractivity contribution in [2.75, 3.05) is 36.9 Å². The highest BCUT2D eigenvalue weighted by Gasteiger charge is 2.24. The highest BCUT2D eigenvalue weighted by atomic mass is 32.2. The van der Waals surface area contributed by atoms with Gasteiger partial charge < -0.3 is 24.7 Å². The Morgan fingerprint density at radius 1 is 1.29 bits per heavy atom. The van der Waals surface area contributed by atoms with Crippen molar-refractivity contribution in [3.8, 4) is 0 Å². The Bertz CT molecular complexity index is 1110. The first-order valence-corrected chi connectivity index (χ1v) is 11.9. The molecule has 3 heterocycles. The van der Waals surface area contributed by atoms with E-state index in [1.807, 2.05) is 35.8 Å². The molecule has 9 nitrogen and oxygen atoms in total. The summed E-state index contributed by atoms with van der Waals surface area (Å²) in [6, 6.07) is 7.69. The Morgan fingerprint density at radius 3 is 2.74 bits per heavy atom. The quantitative estimate of drug-likeness (QED) is 0.432. The van der Waals surface area contributed by atoms with E-state index in [9.17, 15) is 14.1 Å². The molecule has 1 fully saturated rings. The number of hydrogen-bond acceptors (Lipinski definition) is 6. The van der Waals surface area contributed by atoms with Crippen LogP contribution in [0.2, 0.25) is 0 Å². The van der Waals surface area contributed by atoms with E-state index in [1.54, 1.807) is 9.80 Å². The lowest BCUT2D eigenvalue weighted by Crippen LogP contribution is -2.44. The molecule has 0 aliphatic carbocycles. The molecular weight excluding hydrogens is 416 g/mol. The van der Waals surface area contributed by atoms with Gasteiger partial charge in [0.2, 0.25) is 12.3 Å². The molecule has 2 aromatic heterocycles. The topological polar surface area (TPSA) is 120 Å². The molecule has 4 rings (SSSR count). The fraction of sp³-hybridized carbons (Fsp3) is 0.429. The summed E-state index contributed by atoms with van der Waals surface area (Å²) in [5.74, 6) is 2.08. The fourth-order valence-electron chi connectivity index (χ4n) is 3.92. The number of nitrogens with zero attached hydrogens (tertiary/aromatic N) is 5. The van der Waals surface area contributed by atoms with Crippen molar-refractivity contribution in [3.05, 3.63) is 30.1 Å². The Labute approximate surface area is 183 Å². The van der Waals surface area contributed by atoms with Crippen LogP contribution in [-0.2, 0) is 33.9 Å². The number of hydrogen-bond donors (Lipinski definition) is 1. The summed E-state index contributed by atoms with van der Waals surface area (Å²) < 4.78 is 13.6. The zero-order valence-electron chi connectivity index (χ0n) is 17.5. The van der Waals surface area contributed by atoms with Crippen molar-refractivity contribution in [1.29, 1.82) is 0 Å². The van der Waals surface area contributed by atoms with E-state index >= 15 is 0 Å². The van der Waals surface area contributed by atoms with Crippen LogP contribution in [0.15, 0.2) is 24.3 Å². The Hall–Kier alpha value is -2.85. The van der Waals surface area contributed by atoms with Crippen LogP contribution in [0, 0.1) is 0 Å². The van der Waals surface area contributed by atoms with Gasteiger partial charge in [-0.15, -0.1) is 0 Å². The summed E-state index contributed by atoms with van der Waals surface area (Å²) in [6.07, 6.45) is 1.08. The van der Waals surface area contributed by atoms with Crippen molar-refractivity contribution in [2.24, 2.45) is 0 Å². The van der Waals surface area contributed by atoms with Crippen LogP contribution in [-0.4, -0.2) is 72.3 Å². The molecule has 1 saturated heterocycles. The number of carbonyl (C=O) groups excluding carboxylic acids is 2. The molecule has 164 valence electrons. The van der Waals surface area contributed by atoms with Crippen LogP contribution in [0.4, 0.5) is 5.82 Å². The lowest BCUT2D eigenvalue weighted by atomic mass is 10.2. The van der Waals surface area contributed by atoms with Crippen LogP contribution >= 0.6 is 0 Å². The second-order valence-corrected chi connectivity index (χ2v) is 9.23. The van der Waals surface area contributed by atoms with E-state index in [-0.39, 0.29) is 12.3 Å². The molecule has 0 bridgehead atoms. The number of imidazole rings is 1. The van der Waals surface area contributed by atoms with Gasteiger partial charge in [0, 0.05) is 24.9 Å². The van der Waals surface area contributed by atoms with Crippen LogP contribution < -0.4 is 5.73 Å². The Kier molecular flexibility index (Phi) is 6.28. The normalized spacial score (nSPS) is 15.0. The molecular formula is C21H26N6O3S. The number of aryl methyl sites for hydroxylation is 1. The van der Waals surface area contributed by atoms with Gasteiger partial charge in [0.15, 0.2) is 5.82 Å². The second kappa shape index (κ2) is 9.11.